The van der Waals surface area contributed by atoms with Gasteiger partial charge in [0, 0.05) is 5.92 Å². The quantitative estimate of drug-likeness (QED) is 0.427. The van der Waals surface area contributed by atoms with Gasteiger partial charge in [0.25, 0.3) is 0 Å². The third-order valence-electron chi connectivity index (χ3n) is 10.2. The fourth-order valence-electron chi connectivity index (χ4n) is 6.66. The van der Waals surface area contributed by atoms with Crippen molar-refractivity contribution in [3.05, 3.63) is 47.3 Å². The molecule has 1 aromatic carbocycles. The van der Waals surface area contributed by atoms with Crippen molar-refractivity contribution in [1.29, 1.82) is 0 Å². The lowest BCUT2D eigenvalue weighted by atomic mass is 9.57. The maximum Gasteiger partial charge on any atom is 0.309 e. The van der Waals surface area contributed by atoms with Gasteiger partial charge in [0.2, 0.25) is 0 Å². The van der Waals surface area contributed by atoms with E-state index in [1.54, 1.807) is 26.8 Å². The lowest BCUT2D eigenvalue weighted by Crippen LogP contribution is -2.46. The van der Waals surface area contributed by atoms with Gasteiger partial charge >= 0.3 is 5.97 Å². The molecule has 44 heavy (non-hydrogen) atoms. The Kier molecular flexibility index (Phi) is 11.1. The maximum absolute atomic E-state index is 13.4. The Hall–Kier alpha value is -2.95. The number of rotatable bonds is 6. The minimum absolute atomic E-state index is 0.0514. The first-order valence-electron chi connectivity index (χ1n) is 16.0. The zero-order valence-electron chi connectivity index (χ0n) is 27.1. The normalized spacial score (nSPS) is 32.4. The van der Waals surface area contributed by atoms with Crippen LogP contribution in [0.2, 0.25) is 0 Å². The van der Waals surface area contributed by atoms with Crippen molar-refractivity contribution in [2.24, 2.45) is 28.6 Å². The van der Waals surface area contributed by atoms with Crippen LogP contribution in [0.4, 0.5) is 0 Å². The van der Waals surface area contributed by atoms with Crippen LogP contribution in [0, 0.1) is 28.6 Å². The summed E-state index contributed by atoms with van der Waals surface area (Å²) in [7, 11) is 0. The van der Waals surface area contributed by atoms with E-state index in [0.717, 1.165) is 43.2 Å². The number of aliphatic hydroxyl groups is 2. The summed E-state index contributed by atoms with van der Waals surface area (Å²) in [4.78, 5) is 28.0. The zero-order chi connectivity index (χ0) is 32.1. The van der Waals surface area contributed by atoms with Crippen LogP contribution in [0.5, 0.6) is 0 Å². The number of aromatic nitrogens is 4. The molecule has 0 radical (unpaired) electrons. The number of ketones is 1. The number of fused-ring (bicyclic) bond motifs is 1. The van der Waals surface area contributed by atoms with Crippen LogP contribution in [0.3, 0.4) is 0 Å². The van der Waals surface area contributed by atoms with Crippen LogP contribution in [-0.2, 0) is 32.4 Å². The first-order valence-corrected chi connectivity index (χ1v) is 16.0. The Morgan fingerprint density at radius 3 is 2.52 bits per heavy atom. The Bertz CT molecular complexity index is 1290. The molecule has 0 unspecified atom stereocenters. The molecule has 1 aliphatic heterocycles. The number of hydrogen-bond donors (Lipinski definition) is 2. The Labute approximate surface area is 261 Å². The molecule has 1 saturated heterocycles. The third kappa shape index (κ3) is 8.20. The second-order valence-corrected chi connectivity index (χ2v) is 13.9. The molecule has 1 saturated carbocycles. The average Bonchev–Trinajstić information content (AvgIpc) is 3.43. The monoisotopic (exact) mass is 610 g/mol. The number of benzene rings is 1. The van der Waals surface area contributed by atoms with Gasteiger partial charge in [0.1, 0.15) is 11.9 Å². The highest BCUT2D eigenvalue weighted by Crippen LogP contribution is 2.53. The number of carbonyl (C=O) groups excluding carboxylic acids is 2. The summed E-state index contributed by atoms with van der Waals surface area (Å²) in [5.74, 6) is -0.799. The van der Waals surface area contributed by atoms with Crippen LogP contribution < -0.4 is 0 Å². The highest BCUT2D eigenvalue weighted by atomic mass is 16.5. The van der Waals surface area contributed by atoms with Crippen molar-refractivity contribution in [2.75, 3.05) is 0 Å². The smallest absolute Gasteiger partial charge is 0.309 e. The van der Waals surface area contributed by atoms with Gasteiger partial charge in [-0.2, -0.15) is 0 Å². The predicted molar refractivity (Wildman–Crippen MR) is 166 cm³/mol. The van der Waals surface area contributed by atoms with E-state index in [1.807, 2.05) is 44.2 Å². The van der Waals surface area contributed by atoms with Gasteiger partial charge in [-0.05, 0) is 78.7 Å². The average molecular weight is 611 g/mol. The number of tetrazole rings is 1. The van der Waals surface area contributed by atoms with Crippen LogP contribution in [0.15, 0.2) is 35.9 Å². The zero-order valence-corrected chi connectivity index (χ0v) is 27.1. The van der Waals surface area contributed by atoms with Crippen molar-refractivity contribution in [2.45, 2.75) is 118 Å². The molecule has 0 bridgehead atoms. The molecule has 2 N–H and O–H groups in total. The first-order chi connectivity index (χ1) is 20.8. The second-order valence-electron chi connectivity index (χ2n) is 13.9. The van der Waals surface area contributed by atoms with Crippen molar-refractivity contribution in [3.63, 3.8) is 0 Å². The third-order valence-corrected chi connectivity index (χ3v) is 10.2. The number of ether oxygens (including phenoxy) is 2. The molecule has 2 heterocycles. The van der Waals surface area contributed by atoms with Crippen LogP contribution in [0.25, 0.3) is 6.08 Å². The van der Waals surface area contributed by atoms with Crippen molar-refractivity contribution < 1.29 is 29.3 Å². The highest BCUT2D eigenvalue weighted by molar-refractivity contribution is 5.88. The van der Waals surface area contributed by atoms with Crippen molar-refractivity contribution in [1.82, 2.24) is 20.2 Å². The van der Waals surface area contributed by atoms with Gasteiger partial charge < -0.3 is 19.7 Å². The molecular formula is C34H50N4O6. The van der Waals surface area contributed by atoms with E-state index in [2.05, 4.69) is 22.3 Å². The second kappa shape index (κ2) is 14.4. The molecule has 7 atom stereocenters. The molecule has 2 aliphatic rings. The van der Waals surface area contributed by atoms with E-state index in [-0.39, 0.29) is 30.3 Å². The molecule has 10 heteroatoms. The largest absolute Gasteiger partial charge is 0.458 e. The number of carbonyl (C=O) groups is 2. The van der Waals surface area contributed by atoms with E-state index in [0.29, 0.717) is 24.8 Å². The number of cyclic esters (lactones) is 1. The SMILES string of the molecule is C/C(=C\c1nnn(COCc2ccccc2)n1)[C@@H]1C[C@@H]2CC[C@]2(C)CCC[C@H](C)[C@H](O)[C@@H](C)C(=O)C(C)(C)[C@@H](O)CC(=O)O1. The van der Waals surface area contributed by atoms with E-state index in [9.17, 15) is 19.8 Å². The Morgan fingerprint density at radius 1 is 1.11 bits per heavy atom. The van der Waals surface area contributed by atoms with Crippen molar-refractivity contribution >= 4 is 17.8 Å². The van der Waals surface area contributed by atoms with Crippen LogP contribution in [0.1, 0.15) is 97.9 Å². The number of hydrogen-bond acceptors (Lipinski definition) is 9. The van der Waals surface area contributed by atoms with Gasteiger partial charge in [0.05, 0.1) is 30.7 Å². The minimum atomic E-state index is -1.25. The summed E-state index contributed by atoms with van der Waals surface area (Å²) in [6.07, 6.45) is 4.41. The molecule has 242 valence electrons. The maximum atomic E-state index is 13.4. The molecule has 1 aliphatic carbocycles. The predicted octanol–water partition coefficient (Wildman–Crippen LogP) is 5.13. The van der Waals surface area contributed by atoms with E-state index in [1.165, 1.54) is 4.80 Å². The summed E-state index contributed by atoms with van der Waals surface area (Å²) in [5, 5.41) is 34.7. The Morgan fingerprint density at radius 2 is 1.84 bits per heavy atom. The number of aliphatic hydroxyl groups excluding tert-OH is 2. The van der Waals surface area contributed by atoms with E-state index >= 15 is 0 Å². The molecule has 1 aromatic heterocycles. The molecule has 2 fully saturated rings. The van der Waals surface area contributed by atoms with Gasteiger partial charge in [0.15, 0.2) is 12.6 Å². The van der Waals surface area contributed by atoms with E-state index in [4.69, 9.17) is 9.47 Å². The molecule has 0 amide bonds. The van der Waals surface area contributed by atoms with Gasteiger partial charge in [-0.15, -0.1) is 15.0 Å². The molecule has 10 nitrogen and oxygen atoms in total. The molecule has 4 rings (SSSR count). The summed E-state index contributed by atoms with van der Waals surface area (Å²) in [6, 6.07) is 9.84. The topological polar surface area (TPSA) is 137 Å². The van der Waals surface area contributed by atoms with Crippen LogP contribution in [-0.4, -0.2) is 60.5 Å². The van der Waals surface area contributed by atoms with Gasteiger partial charge in [-0.3, -0.25) is 9.59 Å². The standard InChI is InChI=1S/C34H50N4O6/c1-22-11-10-15-34(6)16-14-26(34)18-27(44-30(40)19-28(39)33(4,5)32(42)24(3)31(22)41)23(2)17-29-35-37-38(36-29)21-43-20-25-12-8-7-9-13-25/h7-9,12-13,17,22,24,26-28,31,39,41H,10-11,14-16,18-21H2,1-6H3/b23-17+/t22-,24+,26-,27-,28-,31-,34-/m0/s1. The first kappa shape index (κ1) is 33.9. The number of Topliss-reactive ketones (excluding diaryl/α,β-unsaturated/α-hetero) is 1. The summed E-state index contributed by atoms with van der Waals surface area (Å²) in [5.41, 5.74) is 0.711. The number of esters is 1. The summed E-state index contributed by atoms with van der Waals surface area (Å²) < 4.78 is 11.7. The summed E-state index contributed by atoms with van der Waals surface area (Å²) >= 11 is 0. The lowest BCUT2D eigenvalue weighted by molar-refractivity contribution is -0.156. The van der Waals surface area contributed by atoms with Gasteiger partial charge in [-0.25, -0.2) is 0 Å². The van der Waals surface area contributed by atoms with Crippen molar-refractivity contribution in [3.8, 4) is 0 Å². The van der Waals surface area contributed by atoms with Gasteiger partial charge in [-0.1, -0.05) is 71.4 Å². The highest BCUT2D eigenvalue weighted by Gasteiger charge is 2.45. The lowest BCUT2D eigenvalue weighted by Gasteiger charge is -2.49. The fraction of sp³-hybridized carbons (Fsp3) is 0.676. The molecular weight excluding hydrogens is 560 g/mol. The van der Waals surface area contributed by atoms with Crippen LogP contribution >= 0.6 is 0 Å². The number of nitrogens with zero attached hydrogens (tertiary/aromatic N) is 4. The molecule has 0 spiro atoms. The summed E-state index contributed by atoms with van der Waals surface area (Å²) in [6.45, 7) is 11.7. The fourth-order valence-corrected chi connectivity index (χ4v) is 6.66. The Balaban J connectivity index is 1.50. The minimum Gasteiger partial charge on any atom is -0.458 e. The molecule has 2 aromatic rings. The van der Waals surface area contributed by atoms with E-state index < -0.39 is 35.6 Å².